The van der Waals surface area contributed by atoms with Crippen LogP contribution in [0.15, 0.2) is 15.9 Å². The van der Waals surface area contributed by atoms with Gasteiger partial charge in [-0.05, 0) is 22.0 Å². The molecule has 0 bridgehead atoms. The molecule has 0 aliphatic carbocycles. The fourth-order valence-corrected chi connectivity index (χ4v) is 3.17. The molecule has 0 saturated carbocycles. The minimum Gasteiger partial charge on any atom is -0.329 e. The Bertz CT molecular complexity index is 388. The molecule has 3 N–H and O–H groups in total. The van der Waals surface area contributed by atoms with Crippen LogP contribution < -0.4 is 10.5 Å². The summed E-state index contributed by atoms with van der Waals surface area (Å²) < 4.78 is 25.9. The van der Waals surface area contributed by atoms with Crippen LogP contribution in [0.5, 0.6) is 0 Å². The molecule has 0 fully saturated rings. The van der Waals surface area contributed by atoms with E-state index in [0.717, 1.165) is 9.35 Å². The van der Waals surface area contributed by atoms with Crippen LogP contribution >= 0.6 is 27.3 Å². The summed E-state index contributed by atoms with van der Waals surface area (Å²) in [7, 11) is -3.20. The Hall–Kier alpha value is 0.0500. The first kappa shape index (κ1) is 12.1. The Morgan fingerprint density at radius 3 is 2.79 bits per heavy atom. The molecule has 0 atom stereocenters. The molecule has 7 heteroatoms. The summed E-state index contributed by atoms with van der Waals surface area (Å²) in [6.45, 7) is 0.474. The molecule has 0 amide bonds. The predicted molar refractivity (Wildman–Crippen MR) is 61.7 cm³/mol. The second kappa shape index (κ2) is 5.22. The summed E-state index contributed by atoms with van der Waals surface area (Å²) in [5, 5.41) is 1.91. The Balaban J connectivity index is 2.48. The van der Waals surface area contributed by atoms with Gasteiger partial charge in [0, 0.05) is 27.8 Å². The average molecular weight is 299 g/mol. The van der Waals surface area contributed by atoms with Crippen LogP contribution in [0.1, 0.15) is 4.88 Å². The number of nitrogens with one attached hydrogen (secondary N) is 1. The predicted octanol–water partition coefficient (Wildman–Crippen LogP) is 0.889. The van der Waals surface area contributed by atoms with Gasteiger partial charge in [0.1, 0.15) is 0 Å². The molecule has 0 aliphatic heterocycles. The van der Waals surface area contributed by atoms with E-state index in [1.54, 1.807) is 0 Å². The zero-order chi connectivity index (χ0) is 10.6. The molecule has 80 valence electrons. The number of hydrogen-bond acceptors (Lipinski definition) is 4. The molecular weight excluding hydrogens is 288 g/mol. The highest BCUT2D eigenvalue weighted by atomic mass is 79.9. The maximum Gasteiger partial charge on any atom is 0.213 e. The Labute approximate surface area is 95.7 Å². The standard InChI is InChI=1S/C7H11BrN2O2S2/c8-6-3-7(13-5-6)4-10-14(11,12)2-1-9/h3,5,10H,1-2,4,9H2. The molecule has 0 unspecified atom stereocenters. The first-order chi connectivity index (χ1) is 6.53. The zero-order valence-corrected chi connectivity index (χ0v) is 10.6. The number of hydrogen-bond donors (Lipinski definition) is 2. The van der Waals surface area contributed by atoms with Crippen molar-refractivity contribution < 1.29 is 8.42 Å². The lowest BCUT2D eigenvalue weighted by atomic mass is 10.5. The third kappa shape index (κ3) is 4.05. The Kier molecular flexibility index (Phi) is 4.52. The van der Waals surface area contributed by atoms with Crippen molar-refractivity contribution in [2.75, 3.05) is 12.3 Å². The van der Waals surface area contributed by atoms with Crippen LogP contribution in [0.2, 0.25) is 0 Å². The Morgan fingerprint density at radius 2 is 2.29 bits per heavy atom. The molecule has 0 spiro atoms. The fourth-order valence-electron chi connectivity index (χ4n) is 0.855. The lowest BCUT2D eigenvalue weighted by Crippen LogP contribution is -2.29. The van der Waals surface area contributed by atoms with Crippen molar-refractivity contribution in [3.8, 4) is 0 Å². The van der Waals surface area contributed by atoms with Gasteiger partial charge in [0.2, 0.25) is 10.0 Å². The van der Waals surface area contributed by atoms with Gasteiger partial charge in [-0.2, -0.15) is 0 Å². The second-order valence-corrected chi connectivity index (χ2v) is 6.50. The number of sulfonamides is 1. The lowest BCUT2D eigenvalue weighted by Gasteiger charge is -2.02. The molecule has 1 rings (SSSR count). The van der Waals surface area contributed by atoms with Crippen LogP contribution in [-0.4, -0.2) is 20.7 Å². The highest BCUT2D eigenvalue weighted by Crippen LogP contribution is 2.19. The highest BCUT2D eigenvalue weighted by Gasteiger charge is 2.08. The normalized spacial score (nSPS) is 11.9. The summed E-state index contributed by atoms with van der Waals surface area (Å²) in [6.07, 6.45) is 0. The first-order valence-corrected chi connectivity index (χ1v) is 7.26. The van der Waals surface area contributed by atoms with Crippen molar-refractivity contribution in [2.45, 2.75) is 6.54 Å². The van der Waals surface area contributed by atoms with E-state index in [1.165, 1.54) is 11.3 Å². The zero-order valence-electron chi connectivity index (χ0n) is 7.36. The number of nitrogens with two attached hydrogens (primary N) is 1. The first-order valence-electron chi connectivity index (χ1n) is 3.94. The van der Waals surface area contributed by atoms with Crippen molar-refractivity contribution >= 4 is 37.3 Å². The topological polar surface area (TPSA) is 72.2 Å². The van der Waals surface area contributed by atoms with E-state index in [0.29, 0.717) is 6.54 Å². The number of thiophene rings is 1. The van der Waals surface area contributed by atoms with Gasteiger partial charge in [-0.1, -0.05) is 0 Å². The van der Waals surface area contributed by atoms with Crippen molar-refractivity contribution in [1.29, 1.82) is 0 Å². The molecule has 1 aromatic heterocycles. The molecule has 1 aromatic rings. The molecule has 0 saturated heterocycles. The van der Waals surface area contributed by atoms with Gasteiger partial charge in [-0.3, -0.25) is 0 Å². The minimum atomic E-state index is -3.20. The third-order valence-corrected chi connectivity index (χ3v) is 4.53. The maximum atomic E-state index is 11.2. The summed E-state index contributed by atoms with van der Waals surface area (Å²) >= 11 is 4.80. The molecule has 4 nitrogen and oxygen atoms in total. The summed E-state index contributed by atoms with van der Waals surface area (Å²) in [6, 6.07) is 1.88. The van der Waals surface area contributed by atoms with Crippen LogP contribution in [0.3, 0.4) is 0 Å². The monoisotopic (exact) mass is 298 g/mol. The van der Waals surface area contributed by atoms with Gasteiger partial charge in [0.25, 0.3) is 0 Å². The molecular formula is C7H11BrN2O2S2. The quantitative estimate of drug-likeness (QED) is 0.848. The van der Waals surface area contributed by atoms with E-state index in [1.807, 2.05) is 11.4 Å². The second-order valence-electron chi connectivity index (χ2n) is 2.66. The fraction of sp³-hybridized carbons (Fsp3) is 0.429. The van der Waals surface area contributed by atoms with Gasteiger partial charge >= 0.3 is 0 Å². The van der Waals surface area contributed by atoms with Crippen LogP contribution in [-0.2, 0) is 16.6 Å². The van der Waals surface area contributed by atoms with E-state index in [9.17, 15) is 8.42 Å². The molecule has 0 radical (unpaired) electrons. The summed E-state index contributed by atoms with van der Waals surface area (Å²) in [4.78, 5) is 0.970. The highest BCUT2D eigenvalue weighted by molar-refractivity contribution is 9.10. The van der Waals surface area contributed by atoms with E-state index in [4.69, 9.17) is 5.73 Å². The third-order valence-electron chi connectivity index (χ3n) is 1.47. The van der Waals surface area contributed by atoms with E-state index in [2.05, 4.69) is 20.7 Å². The van der Waals surface area contributed by atoms with Crippen LogP contribution in [0.4, 0.5) is 0 Å². The van der Waals surface area contributed by atoms with Gasteiger partial charge in [-0.25, -0.2) is 13.1 Å². The summed E-state index contributed by atoms with van der Waals surface area (Å²) in [5.41, 5.74) is 5.16. The van der Waals surface area contributed by atoms with E-state index < -0.39 is 10.0 Å². The van der Waals surface area contributed by atoms with Crippen molar-refractivity contribution in [3.63, 3.8) is 0 Å². The van der Waals surface area contributed by atoms with Crippen LogP contribution in [0.25, 0.3) is 0 Å². The van der Waals surface area contributed by atoms with Crippen LogP contribution in [0, 0.1) is 0 Å². The average Bonchev–Trinajstić information content (AvgIpc) is 2.48. The van der Waals surface area contributed by atoms with Gasteiger partial charge in [0.15, 0.2) is 0 Å². The SMILES string of the molecule is NCCS(=O)(=O)NCc1cc(Br)cs1. The van der Waals surface area contributed by atoms with Gasteiger partial charge in [0.05, 0.1) is 5.75 Å². The van der Waals surface area contributed by atoms with Crippen molar-refractivity contribution in [3.05, 3.63) is 20.8 Å². The number of halogens is 1. The molecule has 1 heterocycles. The smallest absolute Gasteiger partial charge is 0.213 e. The molecule has 0 aromatic carbocycles. The molecule has 14 heavy (non-hydrogen) atoms. The largest absolute Gasteiger partial charge is 0.329 e. The van der Waals surface area contributed by atoms with Gasteiger partial charge in [-0.15, -0.1) is 11.3 Å². The maximum absolute atomic E-state index is 11.2. The Morgan fingerprint density at radius 1 is 1.57 bits per heavy atom. The van der Waals surface area contributed by atoms with Gasteiger partial charge < -0.3 is 5.73 Å². The lowest BCUT2D eigenvalue weighted by molar-refractivity contribution is 0.581. The van der Waals surface area contributed by atoms with Crippen molar-refractivity contribution in [1.82, 2.24) is 4.72 Å². The minimum absolute atomic E-state index is 0.0282. The summed E-state index contributed by atoms with van der Waals surface area (Å²) in [5.74, 6) is -0.0282. The number of rotatable bonds is 5. The molecule has 0 aliphatic rings. The van der Waals surface area contributed by atoms with E-state index >= 15 is 0 Å². The van der Waals surface area contributed by atoms with Crippen molar-refractivity contribution in [2.24, 2.45) is 5.73 Å². The van der Waals surface area contributed by atoms with E-state index in [-0.39, 0.29) is 12.3 Å².